The molecule has 0 aliphatic carbocycles. The molecule has 0 spiro atoms. The van der Waals surface area contributed by atoms with E-state index in [4.69, 9.17) is 4.42 Å². The number of thioether (sulfide) groups is 1. The second-order valence-electron chi connectivity index (χ2n) is 7.22. The van der Waals surface area contributed by atoms with Crippen LogP contribution in [-0.2, 0) is 4.79 Å². The van der Waals surface area contributed by atoms with Crippen molar-refractivity contribution < 1.29 is 9.21 Å². The Hall–Kier alpha value is -2.54. The summed E-state index contributed by atoms with van der Waals surface area (Å²) in [6, 6.07) is 13.6. The van der Waals surface area contributed by atoms with Crippen molar-refractivity contribution in [2.75, 3.05) is 13.1 Å². The van der Waals surface area contributed by atoms with Gasteiger partial charge in [-0.15, -0.1) is 10.2 Å². The van der Waals surface area contributed by atoms with Crippen molar-refractivity contribution in [1.82, 2.24) is 19.7 Å². The minimum Gasteiger partial charge on any atom is -0.461 e. The van der Waals surface area contributed by atoms with Gasteiger partial charge in [0.15, 0.2) is 10.9 Å². The molecule has 3 aromatic rings. The Kier molecular flexibility index (Phi) is 5.52. The van der Waals surface area contributed by atoms with Gasteiger partial charge >= 0.3 is 0 Å². The number of benzene rings is 1. The standard InChI is InChI=1S/C21H24N4O2S/c1-15-10-12-24(13-11-15)20(26)16(2)28-21-23-22-19(18-9-6-14-27-18)25(21)17-7-4-3-5-8-17/h3-9,14-16H,10-13H2,1-2H3. The number of hydrogen-bond acceptors (Lipinski definition) is 5. The second kappa shape index (κ2) is 8.22. The van der Waals surface area contributed by atoms with E-state index in [2.05, 4.69) is 17.1 Å². The van der Waals surface area contributed by atoms with Crippen molar-refractivity contribution >= 4 is 17.7 Å². The van der Waals surface area contributed by atoms with Gasteiger partial charge in [-0.05, 0) is 49.9 Å². The lowest BCUT2D eigenvalue weighted by Gasteiger charge is -2.31. The van der Waals surface area contributed by atoms with Gasteiger partial charge in [0.2, 0.25) is 11.7 Å². The highest BCUT2D eigenvalue weighted by molar-refractivity contribution is 8.00. The number of aromatic nitrogens is 3. The summed E-state index contributed by atoms with van der Waals surface area (Å²) in [6.45, 7) is 5.88. The summed E-state index contributed by atoms with van der Waals surface area (Å²) in [7, 11) is 0. The predicted molar refractivity (Wildman–Crippen MR) is 109 cm³/mol. The maximum absolute atomic E-state index is 12.9. The number of carbonyl (C=O) groups is 1. The molecule has 1 aliphatic heterocycles. The first-order chi connectivity index (χ1) is 13.6. The average Bonchev–Trinajstić information content (AvgIpc) is 3.38. The fourth-order valence-electron chi connectivity index (χ4n) is 3.42. The van der Waals surface area contributed by atoms with Crippen LogP contribution in [0.2, 0.25) is 0 Å². The lowest BCUT2D eigenvalue weighted by molar-refractivity contribution is -0.131. The lowest BCUT2D eigenvalue weighted by atomic mass is 9.99. The highest BCUT2D eigenvalue weighted by atomic mass is 32.2. The van der Waals surface area contributed by atoms with Gasteiger partial charge in [0.1, 0.15) is 0 Å². The lowest BCUT2D eigenvalue weighted by Crippen LogP contribution is -2.41. The number of amides is 1. The van der Waals surface area contributed by atoms with Crippen molar-refractivity contribution in [3.63, 3.8) is 0 Å². The Morgan fingerprint density at radius 2 is 1.89 bits per heavy atom. The van der Waals surface area contributed by atoms with Crippen LogP contribution in [0, 0.1) is 5.92 Å². The monoisotopic (exact) mass is 396 g/mol. The Morgan fingerprint density at radius 1 is 1.14 bits per heavy atom. The van der Waals surface area contributed by atoms with Crippen LogP contribution in [0.4, 0.5) is 0 Å². The molecule has 3 heterocycles. The van der Waals surface area contributed by atoms with Crippen LogP contribution in [0.1, 0.15) is 26.7 Å². The zero-order valence-corrected chi connectivity index (χ0v) is 16.9. The third-order valence-electron chi connectivity index (χ3n) is 5.11. The number of para-hydroxylation sites is 1. The molecule has 4 rings (SSSR count). The summed E-state index contributed by atoms with van der Waals surface area (Å²) in [4.78, 5) is 14.9. The Balaban J connectivity index is 1.60. The van der Waals surface area contributed by atoms with Crippen molar-refractivity contribution in [2.45, 2.75) is 37.1 Å². The Morgan fingerprint density at radius 3 is 2.57 bits per heavy atom. The molecule has 146 valence electrons. The minimum atomic E-state index is -0.232. The van der Waals surface area contributed by atoms with Crippen LogP contribution >= 0.6 is 11.8 Å². The van der Waals surface area contributed by atoms with Crippen molar-refractivity contribution in [2.24, 2.45) is 5.92 Å². The summed E-state index contributed by atoms with van der Waals surface area (Å²) < 4.78 is 7.49. The summed E-state index contributed by atoms with van der Waals surface area (Å²) >= 11 is 1.44. The first kappa shape index (κ1) is 18.8. The highest BCUT2D eigenvalue weighted by Crippen LogP contribution is 2.31. The minimum absolute atomic E-state index is 0.166. The van der Waals surface area contributed by atoms with Crippen LogP contribution in [-0.4, -0.2) is 43.9 Å². The highest BCUT2D eigenvalue weighted by Gasteiger charge is 2.27. The number of rotatable bonds is 5. The Bertz CT molecular complexity index is 915. The molecule has 0 bridgehead atoms. The van der Waals surface area contributed by atoms with Gasteiger partial charge in [-0.25, -0.2) is 0 Å². The first-order valence-electron chi connectivity index (χ1n) is 9.63. The summed E-state index contributed by atoms with van der Waals surface area (Å²) in [5.74, 6) is 2.14. The smallest absolute Gasteiger partial charge is 0.235 e. The van der Waals surface area contributed by atoms with E-state index in [0.717, 1.165) is 31.6 Å². The quantitative estimate of drug-likeness (QED) is 0.603. The maximum atomic E-state index is 12.9. The van der Waals surface area contributed by atoms with E-state index in [1.54, 1.807) is 6.26 Å². The molecule has 1 atom stereocenters. The van der Waals surface area contributed by atoms with Gasteiger partial charge in [-0.2, -0.15) is 0 Å². The van der Waals surface area contributed by atoms with Crippen LogP contribution in [0.15, 0.2) is 58.3 Å². The number of hydrogen-bond donors (Lipinski definition) is 0. The number of piperidine rings is 1. The molecule has 1 amide bonds. The van der Waals surface area contributed by atoms with Crippen LogP contribution in [0.5, 0.6) is 0 Å². The van der Waals surface area contributed by atoms with Crippen LogP contribution in [0.25, 0.3) is 17.3 Å². The van der Waals surface area contributed by atoms with Gasteiger partial charge in [0.25, 0.3) is 0 Å². The molecule has 0 saturated carbocycles. The third kappa shape index (κ3) is 3.85. The molecule has 28 heavy (non-hydrogen) atoms. The fourth-order valence-corrected chi connectivity index (χ4v) is 4.37. The summed E-state index contributed by atoms with van der Waals surface area (Å²) in [5, 5.41) is 9.17. The van der Waals surface area contributed by atoms with Crippen molar-refractivity contribution in [1.29, 1.82) is 0 Å². The largest absolute Gasteiger partial charge is 0.461 e. The number of furan rings is 1. The van der Waals surface area contributed by atoms with E-state index in [0.29, 0.717) is 22.7 Å². The van der Waals surface area contributed by atoms with Crippen molar-refractivity contribution in [3.05, 3.63) is 48.7 Å². The molecule has 1 saturated heterocycles. The second-order valence-corrected chi connectivity index (χ2v) is 8.53. The first-order valence-corrected chi connectivity index (χ1v) is 10.5. The van der Waals surface area contributed by atoms with Gasteiger partial charge in [0.05, 0.1) is 11.5 Å². The molecule has 7 heteroatoms. The van der Waals surface area contributed by atoms with E-state index in [9.17, 15) is 4.79 Å². The van der Waals surface area contributed by atoms with E-state index in [1.807, 2.05) is 58.9 Å². The van der Waals surface area contributed by atoms with Crippen molar-refractivity contribution in [3.8, 4) is 17.3 Å². The molecule has 1 aromatic carbocycles. The van der Waals surface area contributed by atoms with Gasteiger partial charge in [-0.1, -0.05) is 36.9 Å². The molecule has 2 aromatic heterocycles. The van der Waals surface area contributed by atoms with Gasteiger partial charge in [0, 0.05) is 18.8 Å². The fraction of sp³-hybridized carbons (Fsp3) is 0.381. The maximum Gasteiger partial charge on any atom is 0.235 e. The average molecular weight is 397 g/mol. The predicted octanol–water partition coefficient (Wildman–Crippen LogP) is 4.27. The van der Waals surface area contributed by atoms with E-state index in [-0.39, 0.29) is 11.2 Å². The molecule has 1 aliphatic rings. The molecule has 6 nitrogen and oxygen atoms in total. The number of carbonyl (C=O) groups excluding carboxylic acids is 1. The zero-order valence-electron chi connectivity index (χ0n) is 16.1. The third-order valence-corrected chi connectivity index (χ3v) is 6.14. The molecular formula is C21H24N4O2S. The SMILES string of the molecule is CC1CCN(C(=O)C(C)Sc2nnc(-c3ccco3)n2-c2ccccc2)CC1. The topological polar surface area (TPSA) is 64.2 Å². The normalized spacial score (nSPS) is 16.3. The van der Waals surface area contributed by atoms with E-state index < -0.39 is 0 Å². The number of likely N-dealkylation sites (tertiary alicyclic amines) is 1. The zero-order chi connectivity index (χ0) is 19.5. The molecule has 0 N–H and O–H groups in total. The number of nitrogens with zero attached hydrogens (tertiary/aromatic N) is 4. The van der Waals surface area contributed by atoms with E-state index >= 15 is 0 Å². The summed E-state index contributed by atoms with van der Waals surface area (Å²) in [6.07, 6.45) is 3.77. The van der Waals surface area contributed by atoms with Crippen LogP contribution < -0.4 is 0 Å². The summed E-state index contributed by atoms with van der Waals surface area (Å²) in [5.41, 5.74) is 0.938. The van der Waals surface area contributed by atoms with Gasteiger partial charge in [-0.3, -0.25) is 9.36 Å². The van der Waals surface area contributed by atoms with E-state index in [1.165, 1.54) is 11.8 Å². The molecule has 0 radical (unpaired) electrons. The molecule has 1 fully saturated rings. The molecular weight excluding hydrogens is 372 g/mol. The van der Waals surface area contributed by atoms with Gasteiger partial charge < -0.3 is 9.32 Å². The Labute approximate surface area is 168 Å². The van der Waals surface area contributed by atoms with Crippen LogP contribution in [0.3, 0.4) is 0 Å². The molecule has 1 unspecified atom stereocenters.